The Balaban J connectivity index is 1.30. The Labute approximate surface area is 146 Å². The highest BCUT2D eigenvalue weighted by molar-refractivity contribution is 7.13. The van der Waals surface area contributed by atoms with E-state index in [1.54, 1.807) is 11.3 Å². The largest absolute Gasteiger partial charge is 0.342 e. The van der Waals surface area contributed by atoms with Crippen LogP contribution in [0.5, 0.6) is 0 Å². The van der Waals surface area contributed by atoms with Crippen LogP contribution < -0.4 is 0 Å². The second-order valence-electron chi connectivity index (χ2n) is 6.92. The van der Waals surface area contributed by atoms with Crippen LogP contribution in [0.15, 0.2) is 22.0 Å². The van der Waals surface area contributed by atoms with E-state index in [9.17, 15) is 4.79 Å². The van der Waals surface area contributed by atoms with Gasteiger partial charge in [-0.3, -0.25) is 4.79 Å². The van der Waals surface area contributed by atoms with Crippen LogP contribution in [0, 0.1) is 11.8 Å². The van der Waals surface area contributed by atoms with Gasteiger partial charge in [-0.25, -0.2) is 0 Å². The average molecular weight is 345 g/mol. The number of rotatable bonds is 4. The van der Waals surface area contributed by atoms with Gasteiger partial charge in [-0.1, -0.05) is 30.5 Å². The molecule has 1 saturated heterocycles. The van der Waals surface area contributed by atoms with E-state index in [0.29, 0.717) is 24.6 Å². The highest BCUT2D eigenvalue weighted by Gasteiger charge is 2.32. The number of carbonyl (C=O) groups excluding carboxylic acids is 1. The summed E-state index contributed by atoms with van der Waals surface area (Å²) in [5.74, 6) is 2.99. The molecule has 2 atom stereocenters. The standard InChI is InChI=1S/C18H23N3O2S/c22-17(21-10-9-13-4-1-2-5-14(13)12-21)8-7-16-19-18(20-23-16)15-6-3-11-24-15/h3,6,11,13-14H,1-2,4-5,7-10,12H2/t13-,14-/m1/s1. The lowest BCUT2D eigenvalue weighted by Crippen LogP contribution is -2.44. The number of hydrogen-bond donors (Lipinski definition) is 0. The fourth-order valence-corrected chi connectivity index (χ4v) is 4.71. The number of aryl methyl sites for hydroxylation is 1. The molecule has 5 nitrogen and oxygen atoms in total. The number of likely N-dealkylation sites (tertiary alicyclic amines) is 1. The summed E-state index contributed by atoms with van der Waals surface area (Å²) >= 11 is 1.59. The first-order valence-electron chi connectivity index (χ1n) is 8.94. The predicted octanol–water partition coefficient (Wildman–Crippen LogP) is 3.77. The van der Waals surface area contributed by atoms with E-state index >= 15 is 0 Å². The molecule has 0 unspecified atom stereocenters. The van der Waals surface area contributed by atoms with Gasteiger partial charge in [-0.2, -0.15) is 4.98 Å². The summed E-state index contributed by atoms with van der Waals surface area (Å²) in [6.45, 7) is 1.87. The first-order chi connectivity index (χ1) is 11.8. The van der Waals surface area contributed by atoms with Gasteiger partial charge in [0.15, 0.2) is 0 Å². The van der Waals surface area contributed by atoms with Crippen LogP contribution in [0.25, 0.3) is 10.7 Å². The predicted molar refractivity (Wildman–Crippen MR) is 92.6 cm³/mol. The third-order valence-electron chi connectivity index (χ3n) is 5.41. The summed E-state index contributed by atoms with van der Waals surface area (Å²) in [4.78, 5) is 20.0. The molecule has 1 aliphatic carbocycles. The number of thiophene rings is 1. The summed E-state index contributed by atoms with van der Waals surface area (Å²) in [5, 5.41) is 5.99. The smallest absolute Gasteiger partial charge is 0.227 e. The Morgan fingerprint density at radius 1 is 1.29 bits per heavy atom. The second-order valence-corrected chi connectivity index (χ2v) is 7.87. The van der Waals surface area contributed by atoms with Crippen molar-refractivity contribution in [3.8, 4) is 10.7 Å². The first kappa shape index (κ1) is 15.8. The Hall–Kier alpha value is -1.69. The van der Waals surface area contributed by atoms with Gasteiger partial charge in [0.05, 0.1) is 4.88 Å². The molecule has 2 aliphatic rings. The zero-order valence-corrected chi connectivity index (χ0v) is 14.6. The van der Waals surface area contributed by atoms with E-state index in [1.807, 2.05) is 17.5 Å². The fraction of sp³-hybridized carbons (Fsp3) is 0.611. The van der Waals surface area contributed by atoms with Crippen molar-refractivity contribution >= 4 is 17.2 Å². The molecule has 24 heavy (non-hydrogen) atoms. The first-order valence-corrected chi connectivity index (χ1v) is 9.82. The van der Waals surface area contributed by atoms with Crippen LogP contribution >= 0.6 is 11.3 Å². The van der Waals surface area contributed by atoms with Crippen molar-refractivity contribution in [3.63, 3.8) is 0 Å². The molecule has 1 amide bonds. The van der Waals surface area contributed by atoms with E-state index in [0.717, 1.165) is 29.8 Å². The molecule has 0 spiro atoms. The number of hydrogen-bond acceptors (Lipinski definition) is 5. The van der Waals surface area contributed by atoms with Crippen LogP contribution in [0.1, 0.15) is 44.4 Å². The van der Waals surface area contributed by atoms with Gasteiger partial charge in [0.25, 0.3) is 0 Å². The molecule has 0 bridgehead atoms. The number of aromatic nitrogens is 2. The molecule has 2 fully saturated rings. The number of amides is 1. The van der Waals surface area contributed by atoms with Crippen LogP contribution in [0.4, 0.5) is 0 Å². The van der Waals surface area contributed by atoms with Gasteiger partial charge in [0.2, 0.25) is 17.6 Å². The van der Waals surface area contributed by atoms with Crippen LogP contribution in [0.3, 0.4) is 0 Å². The van der Waals surface area contributed by atoms with Crippen molar-refractivity contribution in [1.29, 1.82) is 0 Å². The Bertz CT molecular complexity index is 682. The normalized spacial score (nSPS) is 23.9. The SMILES string of the molecule is O=C(CCc1nc(-c2cccs2)no1)N1CC[C@H]2CCCC[C@@H]2C1. The Morgan fingerprint density at radius 3 is 3.00 bits per heavy atom. The molecule has 0 aromatic carbocycles. The average Bonchev–Trinajstić information content (AvgIpc) is 3.30. The molecule has 1 aliphatic heterocycles. The van der Waals surface area contributed by atoms with Gasteiger partial charge < -0.3 is 9.42 Å². The van der Waals surface area contributed by atoms with Crippen LogP contribution in [-0.2, 0) is 11.2 Å². The lowest BCUT2D eigenvalue weighted by Gasteiger charge is -2.41. The van der Waals surface area contributed by atoms with E-state index in [2.05, 4.69) is 15.0 Å². The summed E-state index contributed by atoms with van der Waals surface area (Å²) in [5.41, 5.74) is 0. The van der Waals surface area contributed by atoms with E-state index in [1.165, 1.54) is 32.1 Å². The van der Waals surface area contributed by atoms with Crippen molar-refractivity contribution in [2.75, 3.05) is 13.1 Å². The molecule has 6 heteroatoms. The Kier molecular flexibility index (Phi) is 4.65. The van der Waals surface area contributed by atoms with Gasteiger partial charge in [-0.15, -0.1) is 11.3 Å². The van der Waals surface area contributed by atoms with Gasteiger partial charge in [0.1, 0.15) is 0 Å². The van der Waals surface area contributed by atoms with Crippen LogP contribution in [-0.4, -0.2) is 34.0 Å². The van der Waals surface area contributed by atoms with Crippen molar-refractivity contribution < 1.29 is 9.32 Å². The van der Waals surface area contributed by atoms with Crippen LogP contribution in [0.2, 0.25) is 0 Å². The maximum atomic E-state index is 12.5. The van der Waals surface area contributed by atoms with Crippen molar-refractivity contribution in [2.45, 2.75) is 44.9 Å². The fourth-order valence-electron chi connectivity index (χ4n) is 4.06. The molecular weight excluding hydrogens is 322 g/mol. The number of fused-ring (bicyclic) bond motifs is 1. The highest BCUT2D eigenvalue weighted by Crippen LogP contribution is 2.36. The monoisotopic (exact) mass is 345 g/mol. The molecular formula is C18H23N3O2S. The zero-order valence-electron chi connectivity index (χ0n) is 13.8. The lowest BCUT2D eigenvalue weighted by molar-refractivity contribution is -0.134. The van der Waals surface area contributed by atoms with Gasteiger partial charge in [0, 0.05) is 25.9 Å². The topological polar surface area (TPSA) is 59.2 Å². The number of nitrogens with zero attached hydrogens (tertiary/aromatic N) is 3. The van der Waals surface area contributed by atoms with Gasteiger partial charge in [-0.05, 0) is 36.1 Å². The maximum Gasteiger partial charge on any atom is 0.227 e. The molecule has 4 rings (SSSR count). The molecule has 2 aromatic rings. The molecule has 2 aromatic heterocycles. The van der Waals surface area contributed by atoms with E-state index < -0.39 is 0 Å². The van der Waals surface area contributed by atoms with Crippen molar-refractivity contribution in [2.24, 2.45) is 11.8 Å². The quantitative estimate of drug-likeness (QED) is 0.846. The van der Waals surface area contributed by atoms with E-state index in [-0.39, 0.29) is 5.91 Å². The molecule has 128 valence electrons. The summed E-state index contributed by atoms with van der Waals surface area (Å²) in [7, 11) is 0. The molecule has 0 radical (unpaired) electrons. The zero-order chi connectivity index (χ0) is 16.4. The Morgan fingerprint density at radius 2 is 2.17 bits per heavy atom. The van der Waals surface area contributed by atoms with Crippen molar-refractivity contribution in [1.82, 2.24) is 15.0 Å². The summed E-state index contributed by atoms with van der Waals surface area (Å²) < 4.78 is 5.29. The third kappa shape index (κ3) is 3.38. The number of piperidine rings is 1. The van der Waals surface area contributed by atoms with Crippen molar-refractivity contribution in [3.05, 3.63) is 23.4 Å². The molecule has 3 heterocycles. The van der Waals surface area contributed by atoms with Gasteiger partial charge >= 0.3 is 0 Å². The molecule has 1 saturated carbocycles. The minimum atomic E-state index is 0.231. The lowest BCUT2D eigenvalue weighted by atomic mass is 9.75. The minimum Gasteiger partial charge on any atom is -0.342 e. The number of carbonyl (C=O) groups is 1. The third-order valence-corrected chi connectivity index (χ3v) is 6.27. The summed E-state index contributed by atoms with van der Waals surface area (Å²) in [6, 6.07) is 3.94. The highest BCUT2D eigenvalue weighted by atomic mass is 32.1. The second kappa shape index (κ2) is 7.05. The van der Waals surface area contributed by atoms with E-state index in [4.69, 9.17) is 4.52 Å². The maximum absolute atomic E-state index is 12.5. The minimum absolute atomic E-state index is 0.231. The summed E-state index contributed by atoms with van der Waals surface area (Å²) in [6.07, 6.45) is 7.53. The molecule has 0 N–H and O–H groups in total.